The zero-order valence-corrected chi connectivity index (χ0v) is 14.5. The maximum absolute atomic E-state index is 8.90. The number of fused-ring (bicyclic) bond motifs is 2. The van der Waals surface area contributed by atoms with Crippen molar-refractivity contribution in [2.75, 3.05) is 36.4 Å². The lowest BCUT2D eigenvalue weighted by Gasteiger charge is -2.48. The van der Waals surface area contributed by atoms with E-state index in [9.17, 15) is 0 Å². The molecule has 1 spiro atoms. The minimum atomic E-state index is 0.202. The van der Waals surface area contributed by atoms with Gasteiger partial charge >= 0.3 is 0 Å². The third-order valence-corrected chi connectivity index (χ3v) is 5.97. The number of aryl methyl sites for hydroxylation is 2. The van der Waals surface area contributed by atoms with Crippen molar-refractivity contribution >= 4 is 11.4 Å². The average molecular weight is 324 g/mol. The van der Waals surface area contributed by atoms with Crippen molar-refractivity contribution in [3.63, 3.8) is 0 Å². The second-order valence-corrected chi connectivity index (χ2v) is 7.68. The summed E-state index contributed by atoms with van der Waals surface area (Å²) < 4.78 is 0. The molecule has 0 atom stereocenters. The summed E-state index contributed by atoms with van der Waals surface area (Å²) in [5.41, 5.74) is 6.01. The molecule has 1 saturated heterocycles. The maximum atomic E-state index is 8.90. The molecule has 0 saturated carbocycles. The third-order valence-electron chi connectivity index (χ3n) is 5.97. The van der Waals surface area contributed by atoms with Gasteiger partial charge in [0.15, 0.2) is 0 Å². The Hall–Kier alpha value is -1.73. The number of nitriles is 1. The number of benzene rings is 1. The molecule has 2 N–H and O–H groups in total. The lowest BCUT2D eigenvalue weighted by molar-refractivity contribution is 0.332. The van der Waals surface area contributed by atoms with Gasteiger partial charge in [-0.15, -0.1) is 0 Å². The van der Waals surface area contributed by atoms with Crippen LogP contribution in [0.5, 0.6) is 0 Å². The highest BCUT2D eigenvalue weighted by atomic mass is 15.2. The van der Waals surface area contributed by atoms with Gasteiger partial charge in [0.05, 0.1) is 23.0 Å². The fourth-order valence-electron chi connectivity index (χ4n) is 4.65. The van der Waals surface area contributed by atoms with Crippen molar-refractivity contribution in [1.29, 1.82) is 5.26 Å². The quantitative estimate of drug-likeness (QED) is 0.838. The van der Waals surface area contributed by atoms with Gasteiger partial charge in [0, 0.05) is 19.5 Å². The largest absolute Gasteiger partial charge is 0.376 e. The summed E-state index contributed by atoms with van der Waals surface area (Å²) >= 11 is 0. The monoisotopic (exact) mass is 324 g/mol. The smallest absolute Gasteiger partial charge is 0.0622 e. The molecule has 1 aliphatic carbocycles. The molecule has 0 radical (unpaired) electrons. The van der Waals surface area contributed by atoms with E-state index in [1.807, 2.05) is 0 Å². The number of anilines is 2. The molecule has 0 amide bonds. The van der Waals surface area contributed by atoms with Crippen LogP contribution in [0.3, 0.4) is 0 Å². The molecule has 4 nitrogen and oxygen atoms in total. The van der Waals surface area contributed by atoms with Crippen LogP contribution in [0, 0.1) is 11.3 Å². The molecule has 1 aromatic rings. The fraction of sp³-hybridized carbons (Fsp3) is 0.650. The van der Waals surface area contributed by atoms with E-state index in [1.165, 1.54) is 49.9 Å². The Morgan fingerprint density at radius 2 is 1.88 bits per heavy atom. The number of hydrogen-bond acceptors (Lipinski definition) is 4. The first-order chi connectivity index (χ1) is 11.8. The molecule has 0 unspecified atom stereocenters. The molecule has 0 aromatic heterocycles. The van der Waals surface area contributed by atoms with Crippen LogP contribution in [0.25, 0.3) is 0 Å². The molecule has 128 valence electrons. The highest BCUT2D eigenvalue weighted by Gasteiger charge is 2.38. The number of nitrogens with zero attached hydrogens (tertiary/aromatic N) is 2. The summed E-state index contributed by atoms with van der Waals surface area (Å²) in [4.78, 5) is 2.56. The Labute approximate surface area is 145 Å². The topological polar surface area (TPSA) is 51.1 Å². The van der Waals surface area contributed by atoms with E-state index in [0.29, 0.717) is 6.42 Å². The van der Waals surface area contributed by atoms with E-state index < -0.39 is 0 Å². The van der Waals surface area contributed by atoms with Crippen LogP contribution < -0.4 is 15.5 Å². The Balaban J connectivity index is 1.66. The molecule has 0 bridgehead atoms. The Kier molecular flexibility index (Phi) is 4.37. The zero-order valence-electron chi connectivity index (χ0n) is 14.5. The van der Waals surface area contributed by atoms with Crippen molar-refractivity contribution in [3.8, 4) is 6.07 Å². The van der Waals surface area contributed by atoms with Crippen molar-refractivity contribution < 1.29 is 0 Å². The SMILES string of the molecule is N#CCCCN1CC2(CCNCC2)Nc2cc3c(cc21)CCCC3. The van der Waals surface area contributed by atoms with E-state index in [4.69, 9.17) is 5.26 Å². The van der Waals surface area contributed by atoms with Crippen LogP contribution in [0.1, 0.15) is 49.7 Å². The van der Waals surface area contributed by atoms with Crippen LogP contribution in [-0.4, -0.2) is 31.7 Å². The van der Waals surface area contributed by atoms with Crippen molar-refractivity contribution in [1.82, 2.24) is 5.32 Å². The average Bonchev–Trinajstić information content (AvgIpc) is 2.61. The summed E-state index contributed by atoms with van der Waals surface area (Å²) in [6.45, 7) is 4.26. The van der Waals surface area contributed by atoms with Gasteiger partial charge < -0.3 is 15.5 Å². The van der Waals surface area contributed by atoms with Gasteiger partial charge in [-0.05, 0) is 81.3 Å². The molecule has 1 fully saturated rings. The highest BCUT2D eigenvalue weighted by Crippen LogP contribution is 2.41. The van der Waals surface area contributed by atoms with Crippen molar-refractivity contribution in [2.45, 2.75) is 56.9 Å². The molecular weight excluding hydrogens is 296 g/mol. The number of rotatable bonds is 3. The normalized spacial score (nSPS) is 21.5. The molecule has 1 aromatic carbocycles. The number of nitrogens with one attached hydrogen (secondary N) is 2. The summed E-state index contributed by atoms with van der Waals surface area (Å²) in [6, 6.07) is 7.18. The standard InChI is InChI=1S/C20H28N4/c21-9-3-4-12-24-15-20(7-10-22-11-8-20)23-18-13-16-5-1-2-6-17(16)14-19(18)24/h13-14,22-23H,1-8,10-12,15H2. The number of hydrogen-bond donors (Lipinski definition) is 2. The molecule has 24 heavy (non-hydrogen) atoms. The second-order valence-electron chi connectivity index (χ2n) is 7.68. The summed E-state index contributed by atoms with van der Waals surface area (Å²) in [6.07, 6.45) is 9.07. The van der Waals surface area contributed by atoms with Crippen molar-refractivity contribution in [3.05, 3.63) is 23.3 Å². The summed E-state index contributed by atoms with van der Waals surface area (Å²) in [7, 11) is 0. The van der Waals surface area contributed by atoms with Gasteiger partial charge in [-0.3, -0.25) is 0 Å². The third kappa shape index (κ3) is 2.98. The van der Waals surface area contributed by atoms with E-state index in [0.717, 1.165) is 32.6 Å². The molecule has 2 heterocycles. The van der Waals surface area contributed by atoms with Gasteiger partial charge in [-0.2, -0.15) is 5.26 Å². The van der Waals surface area contributed by atoms with Crippen molar-refractivity contribution in [2.24, 2.45) is 0 Å². The van der Waals surface area contributed by atoms with Crippen LogP contribution in [0.15, 0.2) is 12.1 Å². The predicted octanol–water partition coefficient (Wildman–Crippen LogP) is 3.22. The van der Waals surface area contributed by atoms with Crippen LogP contribution in [0.2, 0.25) is 0 Å². The molecule has 4 heteroatoms. The Morgan fingerprint density at radius 3 is 2.62 bits per heavy atom. The predicted molar refractivity (Wildman–Crippen MR) is 98.6 cm³/mol. The molecule has 3 aliphatic rings. The Bertz CT molecular complexity index is 640. The number of unbranched alkanes of at least 4 members (excludes halogenated alkanes) is 1. The van der Waals surface area contributed by atoms with E-state index in [1.54, 1.807) is 11.1 Å². The first-order valence-electron chi connectivity index (χ1n) is 9.56. The first kappa shape index (κ1) is 15.8. The summed E-state index contributed by atoms with van der Waals surface area (Å²) in [5, 5.41) is 16.3. The minimum absolute atomic E-state index is 0.202. The van der Waals surface area contributed by atoms with E-state index >= 15 is 0 Å². The van der Waals surface area contributed by atoms with Gasteiger partial charge in [0.2, 0.25) is 0 Å². The summed E-state index contributed by atoms with van der Waals surface area (Å²) in [5.74, 6) is 0. The van der Waals surface area contributed by atoms with Crippen LogP contribution >= 0.6 is 0 Å². The number of piperidine rings is 1. The highest BCUT2D eigenvalue weighted by molar-refractivity contribution is 5.76. The molecule has 2 aliphatic heterocycles. The first-order valence-corrected chi connectivity index (χ1v) is 9.56. The second kappa shape index (κ2) is 6.64. The van der Waals surface area contributed by atoms with Gasteiger partial charge in [0.1, 0.15) is 0 Å². The fourth-order valence-corrected chi connectivity index (χ4v) is 4.65. The minimum Gasteiger partial charge on any atom is -0.376 e. The van der Waals surface area contributed by atoms with Crippen LogP contribution in [0.4, 0.5) is 11.4 Å². The molecule has 4 rings (SSSR count). The van der Waals surface area contributed by atoms with Crippen LogP contribution in [-0.2, 0) is 12.8 Å². The lowest BCUT2D eigenvalue weighted by atomic mass is 9.83. The Morgan fingerprint density at radius 1 is 1.12 bits per heavy atom. The van der Waals surface area contributed by atoms with Gasteiger partial charge in [0.25, 0.3) is 0 Å². The zero-order chi connectivity index (χ0) is 16.4. The van der Waals surface area contributed by atoms with E-state index in [2.05, 4.69) is 33.7 Å². The maximum Gasteiger partial charge on any atom is 0.0622 e. The lowest BCUT2D eigenvalue weighted by Crippen LogP contribution is -2.57. The van der Waals surface area contributed by atoms with Gasteiger partial charge in [-0.1, -0.05) is 0 Å². The molecular formula is C20H28N4. The van der Waals surface area contributed by atoms with Gasteiger partial charge in [-0.25, -0.2) is 0 Å². The van der Waals surface area contributed by atoms with E-state index in [-0.39, 0.29) is 5.54 Å².